The topological polar surface area (TPSA) is 33.5 Å². The van der Waals surface area contributed by atoms with Crippen molar-refractivity contribution in [2.24, 2.45) is 7.05 Å². The highest BCUT2D eigenvalue weighted by Gasteiger charge is 2.41. The minimum atomic E-state index is 0.0612. The Morgan fingerprint density at radius 1 is 1.22 bits per heavy atom. The van der Waals surface area contributed by atoms with Crippen LogP contribution in [0.15, 0.2) is 42.9 Å². The third-order valence-electron chi connectivity index (χ3n) is 6.31. The lowest BCUT2D eigenvalue weighted by molar-refractivity contribution is -0.118. The van der Waals surface area contributed by atoms with Crippen molar-refractivity contribution >= 4 is 5.69 Å². The Morgan fingerprint density at radius 3 is 2.67 bits per heavy atom. The maximum atomic E-state index is 6.40. The van der Waals surface area contributed by atoms with Gasteiger partial charge in [-0.15, -0.1) is 0 Å². The first-order valence-electron chi connectivity index (χ1n) is 10.3. The van der Waals surface area contributed by atoms with Crippen LogP contribution >= 0.6 is 0 Å². The predicted molar refractivity (Wildman–Crippen MR) is 109 cm³/mol. The molecular weight excluding hydrogens is 336 g/mol. The van der Waals surface area contributed by atoms with Crippen LogP contribution in [0, 0.1) is 0 Å². The van der Waals surface area contributed by atoms with Gasteiger partial charge in [-0.25, -0.2) is 4.98 Å². The average Bonchev–Trinajstić information content (AvgIpc) is 3.12. The SMILES string of the molecule is CCN(Cc1cn(C)cn1)C1CCOC2(CCN(c3ccccc3)CC2)C1. The molecule has 2 saturated heterocycles. The lowest BCUT2D eigenvalue weighted by atomic mass is 9.81. The lowest BCUT2D eigenvalue weighted by Gasteiger charge is -2.48. The van der Waals surface area contributed by atoms with Crippen LogP contribution in [0.4, 0.5) is 5.69 Å². The molecule has 1 unspecified atom stereocenters. The van der Waals surface area contributed by atoms with E-state index in [1.165, 1.54) is 11.4 Å². The minimum absolute atomic E-state index is 0.0612. The van der Waals surface area contributed by atoms with Gasteiger partial charge in [-0.1, -0.05) is 25.1 Å². The standard InChI is InChI=1S/C22H32N4O/c1-3-25(17-19-16-24(2)18-23-19)21-9-14-27-22(15-21)10-12-26(13-11-22)20-7-5-4-6-8-20/h4-8,16,18,21H,3,9-15,17H2,1-2H3. The normalized spacial score (nSPS) is 22.5. The van der Waals surface area contributed by atoms with Crippen LogP contribution in [0.2, 0.25) is 0 Å². The zero-order valence-corrected chi connectivity index (χ0v) is 16.7. The molecule has 2 aliphatic rings. The Bertz CT molecular complexity index is 721. The Balaban J connectivity index is 1.38. The maximum absolute atomic E-state index is 6.40. The van der Waals surface area contributed by atoms with Crippen molar-refractivity contribution in [3.8, 4) is 0 Å². The van der Waals surface area contributed by atoms with Gasteiger partial charge in [0.1, 0.15) is 0 Å². The number of benzene rings is 1. The molecule has 2 aliphatic heterocycles. The second-order valence-electron chi connectivity index (χ2n) is 8.09. The van der Waals surface area contributed by atoms with E-state index in [1.807, 2.05) is 17.9 Å². The zero-order chi connectivity index (χ0) is 18.7. The van der Waals surface area contributed by atoms with E-state index in [9.17, 15) is 0 Å². The van der Waals surface area contributed by atoms with Gasteiger partial charge in [-0.05, 0) is 44.4 Å². The van der Waals surface area contributed by atoms with Crippen LogP contribution < -0.4 is 4.90 Å². The second-order valence-corrected chi connectivity index (χ2v) is 8.09. The van der Waals surface area contributed by atoms with Crippen LogP contribution in [0.1, 0.15) is 38.3 Å². The number of para-hydroxylation sites is 1. The summed E-state index contributed by atoms with van der Waals surface area (Å²) in [6, 6.07) is 11.4. The molecule has 4 rings (SSSR count). The van der Waals surface area contributed by atoms with Gasteiger partial charge in [0, 0.05) is 51.2 Å². The first kappa shape index (κ1) is 18.5. The van der Waals surface area contributed by atoms with Crippen molar-refractivity contribution in [2.45, 2.75) is 50.8 Å². The molecule has 1 spiro atoms. The highest BCUT2D eigenvalue weighted by atomic mass is 16.5. The summed E-state index contributed by atoms with van der Waals surface area (Å²) in [6.07, 6.45) is 8.56. The van der Waals surface area contributed by atoms with E-state index in [0.717, 1.165) is 58.5 Å². The molecule has 0 N–H and O–H groups in total. The van der Waals surface area contributed by atoms with E-state index in [1.54, 1.807) is 0 Å². The van der Waals surface area contributed by atoms with E-state index < -0.39 is 0 Å². The number of imidazole rings is 1. The molecule has 0 amide bonds. The number of hydrogen-bond acceptors (Lipinski definition) is 4. The minimum Gasteiger partial charge on any atom is -0.375 e. The molecule has 0 aliphatic carbocycles. The van der Waals surface area contributed by atoms with Gasteiger partial charge in [0.15, 0.2) is 0 Å². The van der Waals surface area contributed by atoms with E-state index in [4.69, 9.17) is 4.74 Å². The van der Waals surface area contributed by atoms with Crippen molar-refractivity contribution in [1.29, 1.82) is 0 Å². The van der Waals surface area contributed by atoms with E-state index in [-0.39, 0.29) is 5.60 Å². The number of rotatable bonds is 5. The van der Waals surface area contributed by atoms with Crippen LogP contribution in [0.3, 0.4) is 0 Å². The van der Waals surface area contributed by atoms with Gasteiger partial charge >= 0.3 is 0 Å². The molecule has 3 heterocycles. The van der Waals surface area contributed by atoms with Crippen molar-refractivity contribution in [3.63, 3.8) is 0 Å². The monoisotopic (exact) mass is 368 g/mol. The van der Waals surface area contributed by atoms with Gasteiger partial charge < -0.3 is 14.2 Å². The third-order valence-corrected chi connectivity index (χ3v) is 6.31. The number of nitrogens with zero attached hydrogens (tertiary/aromatic N) is 4. The Labute approximate surface area is 162 Å². The first-order valence-corrected chi connectivity index (χ1v) is 10.3. The summed E-state index contributed by atoms with van der Waals surface area (Å²) in [6.45, 7) is 7.33. The van der Waals surface area contributed by atoms with Crippen molar-refractivity contribution in [1.82, 2.24) is 14.5 Å². The first-order chi connectivity index (χ1) is 13.2. The smallest absolute Gasteiger partial charge is 0.0947 e. The Kier molecular flexibility index (Phi) is 5.50. The largest absolute Gasteiger partial charge is 0.375 e. The summed E-state index contributed by atoms with van der Waals surface area (Å²) in [5.74, 6) is 0. The molecule has 2 aromatic rings. The maximum Gasteiger partial charge on any atom is 0.0947 e. The number of piperidine rings is 1. The van der Waals surface area contributed by atoms with Gasteiger partial charge in [-0.3, -0.25) is 4.90 Å². The Morgan fingerprint density at radius 2 is 2.00 bits per heavy atom. The molecule has 1 atom stereocenters. The predicted octanol–water partition coefficient (Wildman–Crippen LogP) is 3.46. The molecule has 146 valence electrons. The summed E-state index contributed by atoms with van der Waals surface area (Å²) in [7, 11) is 2.04. The quantitative estimate of drug-likeness (QED) is 0.809. The summed E-state index contributed by atoms with van der Waals surface area (Å²) in [5.41, 5.74) is 2.56. The number of aryl methyl sites for hydroxylation is 1. The molecule has 5 nitrogen and oxygen atoms in total. The van der Waals surface area contributed by atoms with Crippen LogP contribution in [0.25, 0.3) is 0 Å². The van der Waals surface area contributed by atoms with Crippen molar-refractivity contribution in [3.05, 3.63) is 48.5 Å². The van der Waals surface area contributed by atoms with Crippen LogP contribution in [-0.2, 0) is 18.3 Å². The average molecular weight is 369 g/mol. The second kappa shape index (κ2) is 8.03. The van der Waals surface area contributed by atoms with E-state index in [2.05, 4.69) is 58.2 Å². The van der Waals surface area contributed by atoms with Gasteiger partial charge in [0.05, 0.1) is 17.6 Å². The molecular formula is C22H32N4O. The third kappa shape index (κ3) is 4.19. The highest BCUT2D eigenvalue weighted by Crippen LogP contribution is 2.38. The summed E-state index contributed by atoms with van der Waals surface area (Å²) in [5, 5.41) is 0. The van der Waals surface area contributed by atoms with Gasteiger partial charge in [0.25, 0.3) is 0 Å². The molecule has 0 radical (unpaired) electrons. The molecule has 2 fully saturated rings. The summed E-state index contributed by atoms with van der Waals surface area (Å²) < 4.78 is 8.43. The summed E-state index contributed by atoms with van der Waals surface area (Å²) in [4.78, 5) is 9.63. The fourth-order valence-electron chi connectivity index (χ4n) is 4.73. The van der Waals surface area contributed by atoms with Gasteiger partial charge in [0.2, 0.25) is 0 Å². The number of hydrogen-bond donors (Lipinski definition) is 0. The van der Waals surface area contributed by atoms with E-state index in [0.29, 0.717) is 6.04 Å². The van der Waals surface area contributed by atoms with Crippen LogP contribution in [-0.4, -0.2) is 52.3 Å². The number of anilines is 1. The van der Waals surface area contributed by atoms with Crippen molar-refractivity contribution < 1.29 is 4.74 Å². The Hall–Kier alpha value is -1.85. The van der Waals surface area contributed by atoms with Gasteiger partial charge in [-0.2, -0.15) is 0 Å². The molecule has 5 heteroatoms. The molecule has 1 aromatic carbocycles. The van der Waals surface area contributed by atoms with Crippen LogP contribution in [0.5, 0.6) is 0 Å². The fraction of sp³-hybridized carbons (Fsp3) is 0.591. The number of aromatic nitrogens is 2. The zero-order valence-electron chi connectivity index (χ0n) is 16.7. The molecule has 0 saturated carbocycles. The molecule has 1 aromatic heterocycles. The number of ether oxygens (including phenoxy) is 1. The molecule has 0 bridgehead atoms. The lowest BCUT2D eigenvalue weighted by Crippen LogP contribution is -2.53. The summed E-state index contributed by atoms with van der Waals surface area (Å²) >= 11 is 0. The molecule has 27 heavy (non-hydrogen) atoms. The highest BCUT2D eigenvalue weighted by molar-refractivity contribution is 5.46. The fourth-order valence-corrected chi connectivity index (χ4v) is 4.73. The van der Waals surface area contributed by atoms with Crippen molar-refractivity contribution in [2.75, 3.05) is 31.1 Å². The van der Waals surface area contributed by atoms with E-state index >= 15 is 0 Å².